The van der Waals surface area contributed by atoms with Crippen molar-refractivity contribution >= 4 is 6.71 Å². The largest absolute Gasteiger partial charge is 0.317 e. The molecular formula is C12H24BN. The fourth-order valence-electron chi connectivity index (χ4n) is 2.52. The van der Waals surface area contributed by atoms with Gasteiger partial charge >= 0.3 is 0 Å². The van der Waals surface area contributed by atoms with Crippen LogP contribution in [0.1, 0.15) is 27.7 Å². The zero-order valence-corrected chi connectivity index (χ0v) is 10.4. The quantitative estimate of drug-likeness (QED) is 0.679. The first-order valence-corrected chi connectivity index (χ1v) is 5.62. The summed E-state index contributed by atoms with van der Waals surface area (Å²) in [5, 5.41) is 3.20. The molecule has 14 heavy (non-hydrogen) atoms. The molecule has 0 bridgehead atoms. The van der Waals surface area contributed by atoms with Crippen LogP contribution in [0.5, 0.6) is 0 Å². The van der Waals surface area contributed by atoms with E-state index in [2.05, 4.69) is 39.6 Å². The third kappa shape index (κ3) is 2.05. The van der Waals surface area contributed by atoms with Gasteiger partial charge in [0.25, 0.3) is 0 Å². The molecule has 0 aromatic rings. The minimum atomic E-state index is 0.453. The number of rotatable bonds is 3. The van der Waals surface area contributed by atoms with Crippen molar-refractivity contribution in [1.29, 1.82) is 0 Å². The molecule has 0 radical (unpaired) electrons. The van der Waals surface area contributed by atoms with Gasteiger partial charge in [-0.2, -0.15) is 0 Å². The van der Waals surface area contributed by atoms with Gasteiger partial charge in [-0.25, -0.2) is 0 Å². The molecule has 1 nitrogen and oxygen atoms in total. The molecule has 1 aliphatic rings. The first-order chi connectivity index (χ1) is 6.30. The highest BCUT2D eigenvalue weighted by Crippen LogP contribution is 2.53. The fraction of sp³-hybridized carbons (Fsp3) is 0.833. The zero-order valence-electron chi connectivity index (χ0n) is 10.4. The first kappa shape index (κ1) is 11.8. The van der Waals surface area contributed by atoms with Gasteiger partial charge in [-0.15, -0.1) is 6.58 Å². The zero-order chi connectivity index (χ0) is 11.0. The summed E-state index contributed by atoms with van der Waals surface area (Å²) in [6.07, 6.45) is 2.58. The molecule has 0 unspecified atom stereocenters. The minimum Gasteiger partial charge on any atom is -0.317 e. The summed E-state index contributed by atoms with van der Waals surface area (Å²) >= 11 is 0. The molecule has 1 fully saturated rings. The predicted octanol–water partition coefficient (Wildman–Crippen LogP) is 2.86. The van der Waals surface area contributed by atoms with Crippen molar-refractivity contribution in [2.45, 2.75) is 40.3 Å². The highest BCUT2D eigenvalue weighted by atomic mass is 14.8. The monoisotopic (exact) mass is 193 g/mol. The summed E-state index contributed by atoms with van der Waals surface area (Å²) in [7, 11) is 2.00. The topological polar surface area (TPSA) is 12.0 Å². The lowest BCUT2D eigenvalue weighted by atomic mass is 9.42. The van der Waals surface area contributed by atoms with Crippen LogP contribution in [0.2, 0.25) is 12.6 Å². The van der Waals surface area contributed by atoms with Crippen LogP contribution in [0.15, 0.2) is 12.1 Å². The van der Waals surface area contributed by atoms with Crippen LogP contribution in [-0.2, 0) is 0 Å². The van der Waals surface area contributed by atoms with E-state index < -0.39 is 0 Å². The van der Waals surface area contributed by atoms with Crippen LogP contribution >= 0.6 is 0 Å². The van der Waals surface area contributed by atoms with E-state index >= 15 is 0 Å². The minimum absolute atomic E-state index is 0.453. The van der Waals surface area contributed by atoms with Crippen molar-refractivity contribution in [1.82, 2.24) is 5.32 Å². The molecule has 0 aromatic carbocycles. The van der Waals surface area contributed by atoms with Crippen LogP contribution in [0.25, 0.3) is 0 Å². The summed E-state index contributed by atoms with van der Waals surface area (Å²) < 4.78 is 0. The highest BCUT2D eigenvalue weighted by molar-refractivity contribution is 6.67. The maximum atomic E-state index is 4.20. The molecule has 0 aromatic heterocycles. The molecule has 0 saturated carbocycles. The predicted molar refractivity (Wildman–Crippen MR) is 66.0 cm³/mol. The van der Waals surface area contributed by atoms with E-state index in [1.165, 1.54) is 18.1 Å². The van der Waals surface area contributed by atoms with E-state index in [1.807, 2.05) is 7.05 Å². The van der Waals surface area contributed by atoms with Gasteiger partial charge in [-0.05, 0) is 17.9 Å². The molecule has 1 saturated heterocycles. The Bertz CT molecular complexity index is 214. The fourth-order valence-corrected chi connectivity index (χ4v) is 2.52. The molecule has 1 N–H and O–H groups in total. The summed E-state index contributed by atoms with van der Waals surface area (Å²) in [6.45, 7) is 15.4. The summed E-state index contributed by atoms with van der Waals surface area (Å²) in [5.74, 6) is 0. The maximum absolute atomic E-state index is 4.20. The smallest absolute Gasteiger partial charge is 0.172 e. The Hall–Kier alpha value is -0.235. The number of nitrogens with one attached hydrogen (secondary N) is 1. The second-order valence-corrected chi connectivity index (χ2v) is 6.06. The second-order valence-electron chi connectivity index (χ2n) is 6.06. The van der Waals surface area contributed by atoms with E-state index in [0.29, 0.717) is 17.5 Å². The Morgan fingerprint density at radius 2 is 1.64 bits per heavy atom. The van der Waals surface area contributed by atoms with Crippen molar-refractivity contribution in [3.63, 3.8) is 0 Å². The molecule has 0 atom stereocenters. The molecule has 80 valence electrons. The van der Waals surface area contributed by atoms with Crippen LogP contribution in [-0.4, -0.2) is 20.3 Å². The van der Waals surface area contributed by atoms with Gasteiger partial charge in [0.1, 0.15) is 0 Å². The average Bonchev–Trinajstić information content (AvgIpc) is 2.22. The van der Waals surface area contributed by atoms with Crippen molar-refractivity contribution in [2.24, 2.45) is 10.8 Å². The van der Waals surface area contributed by atoms with Gasteiger partial charge in [0.05, 0.1) is 0 Å². The lowest BCUT2D eigenvalue weighted by molar-refractivity contribution is 0.177. The van der Waals surface area contributed by atoms with Crippen LogP contribution in [0.4, 0.5) is 0 Å². The van der Waals surface area contributed by atoms with Crippen molar-refractivity contribution in [3.05, 3.63) is 12.1 Å². The van der Waals surface area contributed by atoms with Gasteiger partial charge in [0.2, 0.25) is 0 Å². The van der Waals surface area contributed by atoms with Crippen LogP contribution < -0.4 is 5.32 Å². The molecular weight excluding hydrogens is 169 g/mol. The van der Waals surface area contributed by atoms with Crippen LogP contribution in [0, 0.1) is 10.8 Å². The average molecular weight is 193 g/mol. The van der Waals surface area contributed by atoms with Crippen LogP contribution in [0.3, 0.4) is 0 Å². The van der Waals surface area contributed by atoms with Crippen molar-refractivity contribution < 1.29 is 0 Å². The van der Waals surface area contributed by atoms with E-state index in [1.54, 1.807) is 0 Å². The SMILES string of the molecule is C=C(CNC)B1CC(C)(C)C(C)(C)C1. The lowest BCUT2D eigenvalue weighted by Crippen LogP contribution is -2.24. The van der Waals surface area contributed by atoms with Gasteiger partial charge in [-0.1, -0.05) is 45.8 Å². The lowest BCUT2D eigenvalue weighted by Gasteiger charge is -2.35. The van der Waals surface area contributed by atoms with Gasteiger partial charge in [0.15, 0.2) is 6.71 Å². The third-order valence-electron chi connectivity index (χ3n) is 4.33. The standard InChI is InChI=1S/C12H24BN/c1-10(7-14-6)13-8-11(2,3)12(4,5)9-13/h14H,1,7-9H2,2-6H3. The number of hydrogen-bond donors (Lipinski definition) is 1. The van der Waals surface area contributed by atoms with E-state index in [-0.39, 0.29) is 0 Å². The molecule has 0 spiro atoms. The normalized spacial score (nSPS) is 23.9. The molecule has 1 rings (SSSR count). The Balaban J connectivity index is 2.68. The van der Waals surface area contributed by atoms with Gasteiger partial charge in [0, 0.05) is 6.54 Å². The summed E-state index contributed by atoms with van der Waals surface area (Å²) in [6, 6.07) is 0. The number of likely N-dealkylation sites (N-methyl/N-ethyl adjacent to an activating group) is 1. The van der Waals surface area contributed by atoms with E-state index in [0.717, 1.165) is 6.54 Å². The van der Waals surface area contributed by atoms with Crippen molar-refractivity contribution in [3.8, 4) is 0 Å². The molecule has 2 heteroatoms. The second kappa shape index (κ2) is 3.73. The van der Waals surface area contributed by atoms with E-state index in [4.69, 9.17) is 0 Å². The van der Waals surface area contributed by atoms with Gasteiger partial charge in [-0.3, -0.25) is 0 Å². The molecule has 1 aliphatic heterocycles. The van der Waals surface area contributed by atoms with Gasteiger partial charge < -0.3 is 5.32 Å². The maximum Gasteiger partial charge on any atom is 0.172 e. The highest BCUT2D eigenvalue weighted by Gasteiger charge is 2.47. The molecule has 0 aliphatic carbocycles. The molecule has 1 heterocycles. The summed E-state index contributed by atoms with van der Waals surface area (Å²) in [4.78, 5) is 0. The first-order valence-electron chi connectivity index (χ1n) is 5.62. The van der Waals surface area contributed by atoms with Crippen molar-refractivity contribution in [2.75, 3.05) is 13.6 Å². The molecule has 0 amide bonds. The Kier molecular flexibility index (Phi) is 3.15. The number of hydrogen-bond acceptors (Lipinski definition) is 1. The Labute approximate surface area is 89.4 Å². The third-order valence-corrected chi connectivity index (χ3v) is 4.33. The Morgan fingerprint density at radius 1 is 1.21 bits per heavy atom. The van der Waals surface area contributed by atoms with E-state index in [9.17, 15) is 0 Å². The summed E-state index contributed by atoms with van der Waals surface area (Å²) in [5.41, 5.74) is 2.29. The Morgan fingerprint density at radius 3 is 2.00 bits per heavy atom.